The van der Waals surface area contributed by atoms with Gasteiger partial charge in [0.25, 0.3) is 11.2 Å². The molecule has 0 aliphatic carbocycles. The highest BCUT2D eigenvalue weighted by molar-refractivity contribution is 7.10. The maximum atomic E-state index is 12.6. The van der Waals surface area contributed by atoms with Crippen molar-refractivity contribution in [1.29, 1.82) is 0 Å². The number of carbonyl (C=O) groups is 4. The number of Topliss-reactive ketones (excluding diaryl/α,β-unsaturated/α-hetero) is 2. The van der Waals surface area contributed by atoms with Gasteiger partial charge in [-0.25, -0.2) is 9.59 Å². The van der Waals surface area contributed by atoms with Gasteiger partial charge in [-0.15, -0.1) is 11.3 Å². The molecule has 3 aromatic rings. The maximum absolute atomic E-state index is 12.6. The molecule has 1 aromatic heterocycles. The third kappa shape index (κ3) is 5.20. The molecule has 206 valence electrons. The first-order valence-corrected chi connectivity index (χ1v) is 12.4. The number of rotatable bonds is 7. The molecule has 0 saturated carbocycles. The average Bonchev–Trinajstić information content (AvgIpc) is 3.38. The van der Waals surface area contributed by atoms with Gasteiger partial charge in [0, 0.05) is 11.1 Å². The molecular formula is C27H27NO10S. The van der Waals surface area contributed by atoms with Crippen LogP contribution in [0.4, 0.5) is 0 Å². The standard InChI is InChI=1S/C18H14O8.C9H13NO2S/c19-13(11-7-3-1-4-8-11)17(25,15(21)22)18(26,16(23)24)14(20)12-9-5-2-6-10-12;1-9(2)8(11)6(10)7-5(12-9)3-4-13-7/h1-10,25-26H,(H,21,22)(H,23,24);3-4,6,8,11H,10H2,1-2H3/t;6-,8+/m.0/s1. The van der Waals surface area contributed by atoms with Gasteiger partial charge in [-0.2, -0.15) is 0 Å². The number of benzene rings is 2. The van der Waals surface area contributed by atoms with Crippen molar-refractivity contribution in [3.05, 3.63) is 88.1 Å². The first-order chi connectivity index (χ1) is 18.2. The third-order valence-electron chi connectivity index (χ3n) is 6.26. The van der Waals surface area contributed by atoms with Gasteiger partial charge in [0.2, 0.25) is 11.6 Å². The number of fused-ring (bicyclic) bond motifs is 1. The summed E-state index contributed by atoms with van der Waals surface area (Å²) in [6, 6.07) is 14.4. The summed E-state index contributed by atoms with van der Waals surface area (Å²) in [5.74, 6) is -7.21. The smallest absolute Gasteiger partial charge is 0.348 e. The van der Waals surface area contributed by atoms with Crippen molar-refractivity contribution in [2.75, 3.05) is 0 Å². The van der Waals surface area contributed by atoms with Crippen LogP contribution in [-0.2, 0) is 9.59 Å². The summed E-state index contributed by atoms with van der Waals surface area (Å²) in [6.07, 6.45) is -0.640. The zero-order valence-corrected chi connectivity index (χ0v) is 21.7. The molecule has 2 heterocycles. The third-order valence-corrected chi connectivity index (χ3v) is 7.26. The van der Waals surface area contributed by atoms with Crippen LogP contribution in [0.15, 0.2) is 72.1 Å². The minimum Gasteiger partial charge on any atom is -0.484 e. The Labute approximate surface area is 226 Å². The molecule has 0 fully saturated rings. The molecule has 39 heavy (non-hydrogen) atoms. The van der Waals surface area contributed by atoms with Crippen LogP contribution in [0.5, 0.6) is 5.75 Å². The summed E-state index contributed by atoms with van der Waals surface area (Å²) < 4.78 is 5.62. The summed E-state index contributed by atoms with van der Waals surface area (Å²) in [6.45, 7) is 3.69. The number of carboxylic acids is 2. The van der Waals surface area contributed by atoms with E-state index < -0.39 is 57.5 Å². The van der Waals surface area contributed by atoms with Crippen LogP contribution in [0.1, 0.15) is 45.5 Å². The minimum absolute atomic E-state index is 0.321. The molecule has 0 spiro atoms. The number of nitrogens with two attached hydrogens (primary N) is 1. The Kier molecular flexibility index (Phi) is 8.39. The van der Waals surface area contributed by atoms with Crippen molar-refractivity contribution in [3.8, 4) is 5.75 Å². The molecule has 2 unspecified atom stereocenters. The van der Waals surface area contributed by atoms with Crippen LogP contribution in [0, 0.1) is 0 Å². The predicted molar refractivity (Wildman–Crippen MR) is 139 cm³/mol. The zero-order valence-electron chi connectivity index (χ0n) is 20.8. The molecule has 0 radical (unpaired) electrons. The van der Waals surface area contributed by atoms with Crippen LogP contribution in [0.25, 0.3) is 0 Å². The average molecular weight is 558 g/mol. The van der Waals surface area contributed by atoms with Gasteiger partial charge in [0.1, 0.15) is 17.5 Å². The van der Waals surface area contributed by atoms with E-state index in [1.165, 1.54) is 47.7 Å². The first-order valence-electron chi connectivity index (χ1n) is 11.5. The number of carboxylic acid groups (broad SMARTS) is 2. The molecule has 0 bridgehead atoms. The summed E-state index contributed by atoms with van der Waals surface area (Å²) in [5, 5.41) is 51.6. The van der Waals surface area contributed by atoms with Crippen LogP contribution >= 0.6 is 11.3 Å². The van der Waals surface area contributed by atoms with Gasteiger partial charge in [-0.1, -0.05) is 60.7 Å². The van der Waals surface area contributed by atoms with Crippen molar-refractivity contribution in [2.45, 2.75) is 42.8 Å². The van der Waals surface area contributed by atoms with Crippen molar-refractivity contribution in [2.24, 2.45) is 5.73 Å². The highest BCUT2D eigenvalue weighted by Gasteiger charge is 2.69. The maximum Gasteiger partial charge on any atom is 0.348 e. The molecule has 1 aliphatic heterocycles. The van der Waals surface area contributed by atoms with E-state index in [9.17, 15) is 44.7 Å². The topological polar surface area (TPSA) is 205 Å². The number of hydrogen-bond donors (Lipinski definition) is 6. The second-order valence-corrected chi connectivity index (χ2v) is 10.2. The summed E-state index contributed by atoms with van der Waals surface area (Å²) in [4.78, 5) is 49.5. The second kappa shape index (κ2) is 11.0. The van der Waals surface area contributed by atoms with Gasteiger partial charge in [0.15, 0.2) is 0 Å². The monoisotopic (exact) mass is 557 g/mol. The fourth-order valence-corrected chi connectivity index (χ4v) is 4.84. The number of carbonyl (C=O) groups excluding carboxylic acids is 2. The van der Waals surface area contributed by atoms with Crippen molar-refractivity contribution >= 4 is 34.8 Å². The van der Waals surface area contributed by atoms with E-state index in [2.05, 4.69) is 0 Å². The van der Waals surface area contributed by atoms with E-state index in [0.29, 0.717) is 0 Å². The molecule has 11 nitrogen and oxygen atoms in total. The lowest BCUT2D eigenvalue weighted by atomic mass is 9.73. The number of hydrogen-bond acceptors (Lipinski definition) is 10. The second-order valence-electron chi connectivity index (χ2n) is 9.25. The molecule has 0 saturated heterocycles. The fraction of sp³-hybridized carbons (Fsp3) is 0.259. The van der Waals surface area contributed by atoms with E-state index in [1.807, 2.05) is 25.3 Å². The largest absolute Gasteiger partial charge is 0.484 e. The highest BCUT2D eigenvalue weighted by atomic mass is 32.1. The Morgan fingerprint density at radius 1 is 0.821 bits per heavy atom. The van der Waals surface area contributed by atoms with E-state index in [0.717, 1.165) is 34.9 Å². The molecule has 0 amide bonds. The number of ether oxygens (including phenoxy) is 1. The van der Waals surface area contributed by atoms with Crippen molar-refractivity contribution in [1.82, 2.24) is 0 Å². The lowest BCUT2D eigenvalue weighted by Crippen LogP contribution is -2.71. The molecule has 7 N–H and O–H groups in total. The highest BCUT2D eigenvalue weighted by Crippen LogP contribution is 2.41. The fourth-order valence-electron chi connectivity index (χ4n) is 3.99. The van der Waals surface area contributed by atoms with E-state index >= 15 is 0 Å². The van der Waals surface area contributed by atoms with Gasteiger partial charge < -0.3 is 36.0 Å². The molecule has 1 aliphatic rings. The Morgan fingerprint density at radius 3 is 1.62 bits per heavy atom. The van der Waals surface area contributed by atoms with E-state index in [1.54, 1.807) is 0 Å². The molecular weight excluding hydrogens is 530 g/mol. The summed E-state index contributed by atoms with van der Waals surface area (Å²) in [7, 11) is 0. The Balaban J connectivity index is 0.000000268. The number of ketones is 2. The van der Waals surface area contributed by atoms with Gasteiger partial charge >= 0.3 is 11.9 Å². The van der Waals surface area contributed by atoms with E-state index in [4.69, 9.17) is 10.5 Å². The molecule has 4 rings (SSSR count). The molecule has 2 aromatic carbocycles. The lowest BCUT2D eigenvalue weighted by Gasteiger charge is -2.39. The lowest BCUT2D eigenvalue weighted by molar-refractivity contribution is -0.187. The van der Waals surface area contributed by atoms with Crippen LogP contribution in [0.3, 0.4) is 0 Å². The van der Waals surface area contributed by atoms with Gasteiger partial charge in [-0.3, -0.25) is 9.59 Å². The van der Waals surface area contributed by atoms with Crippen LogP contribution in [0.2, 0.25) is 0 Å². The van der Waals surface area contributed by atoms with Gasteiger partial charge in [-0.05, 0) is 25.3 Å². The number of aliphatic hydroxyl groups is 3. The van der Waals surface area contributed by atoms with Crippen LogP contribution in [-0.4, -0.2) is 71.9 Å². The number of aliphatic hydroxyl groups excluding tert-OH is 1. The predicted octanol–water partition coefficient (Wildman–Crippen LogP) is 1.66. The Morgan fingerprint density at radius 2 is 1.23 bits per heavy atom. The SMILES string of the molecule is CC1(C)Oc2ccsc2[C@H](N)[C@H]1O.O=C(O)C(O)(C(=O)c1ccccc1)C(O)(C(=O)O)C(=O)c1ccccc1. The quantitative estimate of drug-likeness (QED) is 0.182. The van der Waals surface area contributed by atoms with Crippen molar-refractivity contribution in [3.63, 3.8) is 0 Å². The zero-order chi connectivity index (χ0) is 29.2. The Bertz CT molecular complexity index is 1300. The van der Waals surface area contributed by atoms with Crippen molar-refractivity contribution < 1.29 is 49.4 Å². The normalized spacial score (nSPS) is 20.5. The summed E-state index contributed by atoms with van der Waals surface area (Å²) in [5.41, 5.74) is -3.38. The molecule has 12 heteroatoms. The minimum atomic E-state index is -3.95. The first kappa shape index (κ1) is 29.6. The van der Waals surface area contributed by atoms with Crippen LogP contribution < -0.4 is 10.5 Å². The Hall–Kier alpha value is -3.94. The molecule has 4 atom stereocenters. The van der Waals surface area contributed by atoms with E-state index in [-0.39, 0.29) is 6.04 Å². The number of thiophene rings is 1. The van der Waals surface area contributed by atoms with Gasteiger partial charge in [0.05, 0.1) is 10.9 Å². The summed E-state index contributed by atoms with van der Waals surface area (Å²) >= 11 is 1.53. The number of aliphatic carboxylic acids is 2.